The number of rotatable bonds is 2. The lowest BCUT2D eigenvalue weighted by molar-refractivity contribution is -0.114. The Morgan fingerprint density at radius 2 is 1.93 bits per heavy atom. The molecule has 1 aromatic rings. The molecule has 3 heteroatoms. The van der Waals surface area contributed by atoms with Crippen LogP contribution in [0.5, 0.6) is 0 Å². The van der Waals surface area contributed by atoms with Gasteiger partial charge in [-0.3, -0.25) is 4.79 Å². The van der Waals surface area contributed by atoms with Gasteiger partial charge in [0.1, 0.15) is 0 Å². The van der Waals surface area contributed by atoms with E-state index in [1.54, 1.807) is 0 Å². The van der Waals surface area contributed by atoms with Crippen molar-refractivity contribution in [3.8, 4) is 0 Å². The second-order valence-electron chi connectivity index (χ2n) is 3.60. The van der Waals surface area contributed by atoms with Crippen LogP contribution in [-0.4, -0.2) is 5.78 Å². The van der Waals surface area contributed by atoms with Gasteiger partial charge in [0.15, 0.2) is 5.78 Å². The third-order valence-corrected chi connectivity index (χ3v) is 3.18. The summed E-state index contributed by atoms with van der Waals surface area (Å²) in [6.45, 7) is 0. The quantitative estimate of drug-likeness (QED) is 0.670. The summed E-state index contributed by atoms with van der Waals surface area (Å²) < 4.78 is 1.21. The summed E-state index contributed by atoms with van der Waals surface area (Å²) in [7, 11) is 0. The van der Waals surface area contributed by atoms with Crippen molar-refractivity contribution < 1.29 is 4.79 Å². The second kappa shape index (κ2) is 4.79. The number of ketones is 1. The van der Waals surface area contributed by atoms with Crippen molar-refractivity contribution in [1.29, 1.82) is 0 Å². The van der Waals surface area contributed by atoms with Gasteiger partial charge in [0.05, 0.1) is 0 Å². The Kier molecular flexibility index (Phi) is 3.41. The van der Waals surface area contributed by atoms with Crippen LogP contribution >= 0.6 is 22.6 Å². The van der Waals surface area contributed by atoms with Crippen LogP contribution in [0.3, 0.4) is 0 Å². The molecule has 15 heavy (non-hydrogen) atoms. The number of halogens is 1. The van der Waals surface area contributed by atoms with Crippen molar-refractivity contribution in [2.45, 2.75) is 19.3 Å². The molecule has 0 atom stereocenters. The van der Waals surface area contributed by atoms with Crippen LogP contribution in [0.4, 0.5) is 5.69 Å². The maximum Gasteiger partial charge on any atom is 0.160 e. The van der Waals surface area contributed by atoms with E-state index in [4.69, 9.17) is 0 Å². The van der Waals surface area contributed by atoms with Crippen molar-refractivity contribution in [2.75, 3.05) is 5.32 Å². The molecule has 0 radical (unpaired) electrons. The average Bonchev–Trinajstić information content (AvgIpc) is 2.63. The predicted molar refractivity (Wildman–Crippen MR) is 69.7 cm³/mol. The number of allylic oxidation sites excluding steroid dienone is 1. The first-order chi connectivity index (χ1) is 7.25. The van der Waals surface area contributed by atoms with Crippen molar-refractivity contribution >= 4 is 34.1 Å². The Balaban J connectivity index is 2.03. The highest BCUT2D eigenvalue weighted by atomic mass is 127. The van der Waals surface area contributed by atoms with Crippen molar-refractivity contribution in [3.63, 3.8) is 0 Å². The van der Waals surface area contributed by atoms with Gasteiger partial charge in [-0.1, -0.05) is 0 Å². The maximum atomic E-state index is 11.3. The Labute approximate surface area is 103 Å². The molecule has 0 spiro atoms. The van der Waals surface area contributed by atoms with E-state index in [2.05, 4.69) is 27.9 Å². The molecular weight excluding hydrogens is 301 g/mol. The van der Waals surface area contributed by atoms with Gasteiger partial charge in [-0.15, -0.1) is 0 Å². The minimum absolute atomic E-state index is 0.285. The highest BCUT2D eigenvalue weighted by Crippen LogP contribution is 2.20. The molecule has 1 fully saturated rings. The number of carbonyl (C=O) groups excluding carboxylic acids is 1. The van der Waals surface area contributed by atoms with Crippen LogP contribution in [0, 0.1) is 3.57 Å². The molecule has 2 nitrogen and oxygen atoms in total. The minimum atomic E-state index is 0.285. The summed E-state index contributed by atoms with van der Waals surface area (Å²) in [6, 6.07) is 8.10. The van der Waals surface area contributed by atoms with Gasteiger partial charge in [-0.25, -0.2) is 0 Å². The number of anilines is 1. The Hall–Kier alpha value is -0.840. The van der Waals surface area contributed by atoms with Gasteiger partial charge in [-0.2, -0.15) is 0 Å². The van der Waals surface area contributed by atoms with Crippen LogP contribution in [0.2, 0.25) is 0 Å². The SMILES string of the molecule is O=C1CCCC1=CNc1ccc(I)cc1. The fourth-order valence-electron chi connectivity index (χ4n) is 1.61. The van der Waals surface area contributed by atoms with E-state index in [1.165, 1.54) is 3.57 Å². The highest BCUT2D eigenvalue weighted by Gasteiger charge is 2.16. The first kappa shape index (κ1) is 10.7. The lowest BCUT2D eigenvalue weighted by atomic mass is 10.2. The normalized spacial score (nSPS) is 18.5. The van der Waals surface area contributed by atoms with Crippen LogP contribution in [0.1, 0.15) is 19.3 Å². The molecule has 0 heterocycles. The van der Waals surface area contributed by atoms with Crippen LogP contribution in [0.15, 0.2) is 36.0 Å². The Bertz CT molecular complexity index is 395. The van der Waals surface area contributed by atoms with E-state index in [0.717, 1.165) is 24.1 Å². The molecule has 1 saturated carbocycles. The summed E-state index contributed by atoms with van der Waals surface area (Å²) in [5.41, 5.74) is 1.95. The van der Waals surface area contributed by atoms with Crippen LogP contribution < -0.4 is 5.32 Å². The number of carbonyl (C=O) groups is 1. The van der Waals surface area contributed by atoms with Crippen LogP contribution in [-0.2, 0) is 4.79 Å². The topological polar surface area (TPSA) is 29.1 Å². The van der Waals surface area contributed by atoms with Gasteiger partial charge in [-0.05, 0) is 59.7 Å². The second-order valence-corrected chi connectivity index (χ2v) is 4.84. The summed E-state index contributed by atoms with van der Waals surface area (Å²) in [5.74, 6) is 0.285. The first-order valence-corrected chi connectivity index (χ1v) is 6.08. The zero-order chi connectivity index (χ0) is 10.7. The van der Waals surface area contributed by atoms with Crippen LogP contribution in [0.25, 0.3) is 0 Å². The highest BCUT2D eigenvalue weighted by molar-refractivity contribution is 14.1. The van der Waals surface area contributed by atoms with Gasteiger partial charge in [0.2, 0.25) is 0 Å². The molecule has 0 aliphatic heterocycles. The lowest BCUT2D eigenvalue weighted by Gasteiger charge is -2.01. The average molecular weight is 313 g/mol. The number of hydrogen-bond acceptors (Lipinski definition) is 2. The smallest absolute Gasteiger partial charge is 0.160 e. The minimum Gasteiger partial charge on any atom is -0.361 e. The zero-order valence-corrected chi connectivity index (χ0v) is 10.5. The molecule has 1 aromatic carbocycles. The van der Waals surface area contributed by atoms with Gasteiger partial charge in [0, 0.05) is 27.5 Å². The van der Waals surface area contributed by atoms with Crippen molar-refractivity contribution in [3.05, 3.63) is 39.6 Å². The zero-order valence-electron chi connectivity index (χ0n) is 8.29. The fourth-order valence-corrected chi connectivity index (χ4v) is 1.97. The summed E-state index contributed by atoms with van der Waals surface area (Å²) in [4.78, 5) is 11.3. The summed E-state index contributed by atoms with van der Waals surface area (Å²) in [5, 5.41) is 3.16. The van der Waals surface area contributed by atoms with Gasteiger partial charge < -0.3 is 5.32 Å². The third-order valence-electron chi connectivity index (χ3n) is 2.47. The predicted octanol–water partition coefficient (Wildman–Crippen LogP) is 3.34. The van der Waals surface area contributed by atoms with E-state index in [9.17, 15) is 4.79 Å². The molecule has 1 aliphatic rings. The third kappa shape index (κ3) is 2.81. The molecule has 0 aromatic heterocycles. The maximum absolute atomic E-state index is 11.3. The summed E-state index contributed by atoms with van der Waals surface area (Å²) in [6.07, 6.45) is 4.47. The standard InChI is InChI=1S/C12H12INO/c13-10-4-6-11(7-5-10)14-8-9-2-1-3-12(9)15/h4-8,14H,1-3H2. The molecular formula is C12H12INO. The number of Topliss-reactive ketones (excluding diaryl/α,β-unsaturated/α-hetero) is 1. The van der Waals surface area contributed by atoms with E-state index in [1.807, 2.05) is 30.5 Å². The fraction of sp³-hybridized carbons (Fsp3) is 0.250. The van der Waals surface area contributed by atoms with E-state index >= 15 is 0 Å². The van der Waals surface area contributed by atoms with Crippen molar-refractivity contribution in [1.82, 2.24) is 0 Å². The largest absolute Gasteiger partial charge is 0.361 e. The van der Waals surface area contributed by atoms with E-state index < -0.39 is 0 Å². The Morgan fingerprint density at radius 1 is 1.20 bits per heavy atom. The molecule has 0 bridgehead atoms. The number of hydrogen-bond donors (Lipinski definition) is 1. The number of benzene rings is 1. The Morgan fingerprint density at radius 3 is 2.53 bits per heavy atom. The first-order valence-electron chi connectivity index (χ1n) is 5.00. The monoisotopic (exact) mass is 313 g/mol. The molecule has 1 aliphatic carbocycles. The molecule has 0 amide bonds. The molecule has 1 N–H and O–H groups in total. The van der Waals surface area contributed by atoms with Gasteiger partial charge in [0.25, 0.3) is 0 Å². The molecule has 0 unspecified atom stereocenters. The lowest BCUT2D eigenvalue weighted by Crippen LogP contribution is -1.96. The molecule has 0 saturated heterocycles. The molecule has 78 valence electrons. The number of nitrogens with one attached hydrogen (secondary N) is 1. The molecule has 2 rings (SSSR count). The summed E-state index contributed by atoms with van der Waals surface area (Å²) >= 11 is 2.27. The van der Waals surface area contributed by atoms with Gasteiger partial charge >= 0.3 is 0 Å². The van der Waals surface area contributed by atoms with Crippen molar-refractivity contribution in [2.24, 2.45) is 0 Å². The van der Waals surface area contributed by atoms with E-state index in [0.29, 0.717) is 6.42 Å². The van der Waals surface area contributed by atoms with E-state index in [-0.39, 0.29) is 5.78 Å².